The highest BCUT2D eigenvalue weighted by molar-refractivity contribution is 5.28. The lowest BCUT2D eigenvalue weighted by Crippen LogP contribution is -2.55. The summed E-state index contributed by atoms with van der Waals surface area (Å²) in [5, 5.41) is 20.6. The largest absolute Gasteiger partial charge is 0.394 e. The smallest absolute Gasteiger partial charge is 0.0843 e. The predicted molar refractivity (Wildman–Crippen MR) is 92.3 cm³/mol. The second-order valence-corrected chi connectivity index (χ2v) is 9.79. The van der Waals surface area contributed by atoms with Crippen molar-refractivity contribution in [3.05, 3.63) is 11.6 Å². The van der Waals surface area contributed by atoms with E-state index >= 15 is 0 Å². The molecule has 2 N–H and O–H groups in total. The number of fused-ring (bicyclic) bond motifs is 2. The summed E-state index contributed by atoms with van der Waals surface area (Å²) in [6.45, 7) is 5.04. The fraction of sp³-hybridized carbons (Fsp3) is 0.905. The second kappa shape index (κ2) is 5.08. The van der Waals surface area contributed by atoms with Crippen LogP contribution < -0.4 is 0 Å². The molecule has 3 heteroatoms. The van der Waals surface area contributed by atoms with E-state index in [1.165, 1.54) is 37.7 Å². The summed E-state index contributed by atoms with van der Waals surface area (Å²) >= 11 is 0. The maximum atomic E-state index is 10.4. The third kappa shape index (κ3) is 1.79. The summed E-state index contributed by atoms with van der Waals surface area (Å²) in [6, 6.07) is 0. The minimum absolute atomic E-state index is 0.0496. The van der Waals surface area contributed by atoms with E-state index in [0.717, 1.165) is 24.7 Å². The van der Waals surface area contributed by atoms with E-state index in [9.17, 15) is 10.2 Å². The third-order valence-electron chi connectivity index (χ3n) is 9.19. The molecular weight excluding hydrogens is 300 g/mol. The molecule has 4 aliphatic carbocycles. The summed E-state index contributed by atoms with van der Waals surface area (Å²) in [7, 11) is 0. The monoisotopic (exact) mass is 332 g/mol. The topological polar surface area (TPSA) is 49.7 Å². The molecule has 0 spiro atoms. The van der Waals surface area contributed by atoms with E-state index in [1.807, 2.05) is 0 Å². The van der Waals surface area contributed by atoms with Crippen LogP contribution in [-0.4, -0.2) is 35.1 Å². The number of hydrogen-bond donors (Lipinski definition) is 2. The van der Waals surface area contributed by atoms with Gasteiger partial charge in [-0.25, -0.2) is 0 Å². The fourth-order valence-corrected chi connectivity index (χ4v) is 8.00. The van der Waals surface area contributed by atoms with Crippen LogP contribution in [0.2, 0.25) is 0 Å². The maximum Gasteiger partial charge on any atom is 0.0843 e. The lowest BCUT2D eigenvalue weighted by molar-refractivity contribution is -0.147. The van der Waals surface area contributed by atoms with Gasteiger partial charge in [-0.15, -0.1) is 0 Å². The standard InChI is InChI=1S/C21H32O3/c1-20-8-7-16-14-4-3-12-9-13(23)10-19(21(12,16)2)24-18(11-22)17(20)6-5-15(14)20/h3,13-19,22-23H,4-11H2,1-2H3/t13?,14-,15-,16-,17+,18?,19?,20-,21-/m0/s1. The minimum atomic E-state index is -0.282. The molecule has 0 amide bonds. The molecule has 5 fully saturated rings. The minimum Gasteiger partial charge on any atom is -0.394 e. The Morgan fingerprint density at radius 2 is 1.96 bits per heavy atom. The Labute approximate surface area is 145 Å². The molecule has 0 aromatic rings. The molecule has 2 heterocycles. The number of rotatable bonds is 1. The number of ether oxygens (including phenoxy) is 1. The van der Waals surface area contributed by atoms with Gasteiger partial charge in [0.15, 0.2) is 0 Å². The van der Waals surface area contributed by atoms with Crippen molar-refractivity contribution in [2.24, 2.45) is 34.5 Å². The zero-order valence-electron chi connectivity index (χ0n) is 15.1. The maximum absolute atomic E-state index is 10.4. The van der Waals surface area contributed by atoms with Crippen LogP contribution in [0.5, 0.6) is 0 Å². The molecule has 0 aromatic carbocycles. The Morgan fingerprint density at radius 1 is 1.17 bits per heavy atom. The van der Waals surface area contributed by atoms with Crippen molar-refractivity contribution < 1.29 is 14.9 Å². The molecular formula is C21H32O3. The highest BCUT2D eigenvalue weighted by atomic mass is 16.5. The highest BCUT2D eigenvalue weighted by Gasteiger charge is 2.63. The first kappa shape index (κ1) is 15.8. The van der Waals surface area contributed by atoms with Gasteiger partial charge in [0.25, 0.3) is 0 Å². The molecule has 3 unspecified atom stereocenters. The van der Waals surface area contributed by atoms with Crippen LogP contribution in [0.3, 0.4) is 0 Å². The van der Waals surface area contributed by atoms with Crippen molar-refractivity contribution in [2.75, 3.05) is 6.61 Å². The number of aliphatic hydroxyl groups excluding tert-OH is 2. The zero-order valence-corrected chi connectivity index (χ0v) is 15.1. The Balaban J connectivity index is 1.68. The van der Waals surface area contributed by atoms with Gasteiger partial charge >= 0.3 is 0 Å². The van der Waals surface area contributed by atoms with Crippen LogP contribution >= 0.6 is 0 Å². The molecule has 6 rings (SSSR count). The van der Waals surface area contributed by atoms with Crippen LogP contribution in [0.4, 0.5) is 0 Å². The second-order valence-electron chi connectivity index (χ2n) is 9.79. The first-order chi connectivity index (χ1) is 11.5. The average molecular weight is 332 g/mol. The molecule has 6 bridgehead atoms. The molecule has 134 valence electrons. The van der Waals surface area contributed by atoms with Crippen LogP contribution in [0.25, 0.3) is 0 Å². The van der Waals surface area contributed by atoms with Crippen LogP contribution in [-0.2, 0) is 4.74 Å². The van der Waals surface area contributed by atoms with E-state index in [-0.39, 0.29) is 30.3 Å². The van der Waals surface area contributed by atoms with Gasteiger partial charge in [0.05, 0.1) is 24.9 Å². The van der Waals surface area contributed by atoms with Crippen LogP contribution in [0.1, 0.15) is 58.8 Å². The normalized spacial score (nSPS) is 58.7. The van der Waals surface area contributed by atoms with Gasteiger partial charge in [0.2, 0.25) is 0 Å². The molecule has 2 saturated heterocycles. The molecule has 24 heavy (non-hydrogen) atoms. The van der Waals surface area contributed by atoms with Gasteiger partial charge in [-0.3, -0.25) is 0 Å². The highest BCUT2D eigenvalue weighted by Crippen LogP contribution is 2.68. The zero-order chi connectivity index (χ0) is 16.7. The SMILES string of the molecule is C[C@@]12CC[C@H]3[C@H]4CC=C5CC(O)CC(OC(CO)[C@H]1CC[C@@H]42)[C@@]53C. The summed E-state index contributed by atoms with van der Waals surface area (Å²) in [5.41, 5.74) is 1.86. The van der Waals surface area contributed by atoms with E-state index in [0.29, 0.717) is 17.3 Å². The Hall–Kier alpha value is -0.380. The molecule has 9 atom stereocenters. The van der Waals surface area contributed by atoms with E-state index in [1.54, 1.807) is 0 Å². The quantitative estimate of drug-likeness (QED) is 0.725. The van der Waals surface area contributed by atoms with Gasteiger partial charge in [0, 0.05) is 11.8 Å². The summed E-state index contributed by atoms with van der Waals surface area (Å²) in [4.78, 5) is 0. The number of hydrogen-bond acceptors (Lipinski definition) is 3. The lowest BCUT2D eigenvalue weighted by Gasteiger charge is -2.58. The van der Waals surface area contributed by atoms with Crippen molar-refractivity contribution >= 4 is 0 Å². The summed E-state index contributed by atoms with van der Waals surface area (Å²) in [5.74, 6) is 2.75. The summed E-state index contributed by atoms with van der Waals surface area (Å²) < 4.78 is 6.68. The Kier molecular flexibility index (Phi) is 3.35. The van der Waals surface area contributed by atoms with E-state index in [4.69, 9.17) is 4.74 Å². The fourth-order valence-electron chi connectivity index (χ4n) is 8.00. The number of allylic oxidation sites excluding steroid dienone is 1. The average Bonchev–Trinajstić information content (AvgIpc) is 2.92. The van der Waals surface area contributed by atoms with Gasteiger partial charge in [-0.2, -0.15) is 0 Å². The molecule has 2 aliphatic heterocycles. The first-order valence-electron chi connectivity index (χ1n) is 10.1. The molecule has 6 aliphatic rings. The lowest BCUT2D eigenvalue weighted by atomic mass is 9.47. The molecule has 0 aromatic heterocycles. The van der Waals surface area contributed by atoms with Crippen molar-refractivity contribution in [2.45, 2.75) is 77.1 Å². The van der Waals surface area contributed by atoms with Gasteiger partial charge in [-0.1, -0.05) is 25.5 Å². The first-order valence-corrected chi connectivity index (χ1v) is 10.1. The van der Waals surface area contributed by atoms with E-state index in [2.05, 4.69) is 19.9 Å². The van der Waals surface area contributed by atoms with Crippen molar-refractivity contribution in [3.8, 4) is 0 Å². The molecule has 3 nitrogen and oxygen atoms in total. The van der Waals surface area contributed by atoms with Crippen molar-refractivity contribution in [1.82, 2.24) is 0 Å². The van der Waals surface area contributed by atoms with Crippen molar-refractivity contribution in [1.29, 1.82) is 0 Å². The predicted octanol–water partition coefficient (Wildman–Crippen LogP) is 3.30. The van der Waals surface area contributed by atoms with Crippen LogP contribution in [0.15, 0.2) is 11.6 Å². The van der Waals surface area contributed by atoms with Gasteiger partial charge < -0.3 is 14.9 Å². The number of aliphatic hydroxyl groups is 2. The van der Waals surface area contributed by atoms with Crippen LogP contribution in [0, 0.1) is 34.5 Å². The molecule has 3 saturated carbocycles. The Morgan fingerprint density at radius 3 is 2.75 bits per heavy atom. The van der Waals surface area contributed by atoms with Gasteiger partial charge in [0.1, 0.15) is 0 Å². The van der Waals surface area contributed by atoms with E-state index < -0.39 is 0 Å². The third-order valence-corrected chi connectivity index (χ3v) is 9.19. The van der Waals surface area contributed by atoms with Crippen molar-refractivity contribution in [3.63, 3.8) is 0 Å². The summed E-state index contributed by atoms with van der Waals surface area (Å²) in [6.07, 6.45) is 10.1. The molecule has 0 radical (unpaired) electrons. The Bertz CT molecular complexity index is 571. The van der Waals surface area contributed by atoms with Gasteiger partial charge in [-0.05, 0) is 67.6 Å².